The number of aryl methyl sites for hydroxylation is 1. The third-order valence-electron chi connectivity index (χ3n) is 1.83. The van der Waals surface area contributed by atoms with Gasteiger partial charge in [0.1, 0.15) is 17.4 Å². The Bertz CT molecular complexity index is 358. The van der Waals surface area contributed by atoms with Gasteiger partial charge in [0.15, 0.2) is 0 Å². The second kappa shape index (κ2) is 4.60. The van der Waals surface area contributed by atoms with E-state index in [1.807, 2.05) is 0 Å². The van der Waals surface area contributed by atoms with Crippen LogP contribution in [0.25, 0.3) is 0 Å². The van der Waals surface area contributed by atoms with E-state index in [4.69, 9.17) is 39.2 Å². The highest BCUT2D eigenvalue weighted by Crippen LogP contribution is 2.42. The molecule has 1 atom stereocenters. The molecule has 0 N–H and O–H groups in total. The summed E-state index contributed by atoms with van der Waals surface area (Å²) in [5.74, 6) is 0.0444. The van der Waals surface area contributed by atoms with Crippen LogP contribution < -0.4 is 0 Å². The first kappa shape index (κ1) is 12.6. The average molecular weight is 273 g/mol. The van der Waals surface area contributed by atoms with Crippen LogP contribution in [0.3, 0.4) is 0 Å². The summed E-state index contributed by atoms with van der Waals surface area (Å²) >= 11 is 17.0. The van der Waals surface area contributed by atoms with Crippen molar-refractivity contribution in [2.24, 2.45) is 0 Å². The summed E-state index contributed by atoms with van der Waals surface area (Å²) in [6.45, 7) is 1.23. The molecule has 0 radical (unpaired) electrons. The minimum atomic E-state index is -1.75. The summed E-state index contributed by atoms with van der Waals surface area (Å²) < 4.78 is 3.46. The SMILES string of the molecule is Cc1ccc([C@H](C[N+](=O)[O-])C(Cl)(Cl)Cl)o1. The lowest BCUT2D eigenvalue weighted by molar-refractivity contribution is -0.483. The maximum atomic E-state index is 10.4. The standard InChI is InChI=1S/C8H8Cl3NO3/c1-5-2-3-7(15-5)6(4-12(13)14)8(9,10)11/h2-3,6H,4H2,1H3/t6-/m0/s1. The Hall–Kier alpha value is -0.450. The van der Waals surface area contributed by atoms with Crippen molar-refractivity contribution in [3.63, 3.8) is 0 Å². The van der Waals surface area contributed by atoms with E-state index in [1.54, 1.807) is 19.1 Å². The minimum Gasteiger partial charge on any atom is -0.466 e. The van der Waals surface area contributed by atoms with Crippen molar-refractivity contribution in [2.45, 2.75) is 16.6 Å². The molecule has 1 aromatic heterocycles. The Balaban J connectivity index is 2.96. The number of alkyl halides is 3. The van der Waals surface area contributed by atoms with Crippen molar-refractivity contribution < 1.29 is 9.34 Å². The summed E-state index contributed by atoms with van der Waals surface area (Å²) in [6.07, 6.45) is 0. The molecule has 0 aliphatic heterocycles. The van der Waals surface area contributed by atoms with Crippen LogP contribution in [0, 0.1) is 17.0 Å². The predicted molar refractivity (Wildman–Crippen MR) is 58.3 cm³/mol. The van der Waals surface area contributed by atoms with Crippen LogP contribution in [0.5, 0.6) is 0 Å². The normalized spacial score (nSPS) is 13.9. The van der Waals surface area contributed by atoms with Crippen molar-refractivity contribution in [1.29, 1.82) is 0 Å². The zero-order valence-corrected chi connectivity index (χ0v) is 10.0. The maximum Gasteiger partial charge on any atom is 0.217 e. The molecular weight excluding hydrogens is 264 g/mol. The first-order chi connectivity index (χ1) is 6.80. The van der Waals surface area contributed by atoms with Gasteiger partial charge in [0.05, 0.1) is 0 Å². The van der Waals surface area contributed by atoms with Gasteiger partial charge >= 0.3 is 0 Å². The molecule has 1 rings (SSSR count). The molecule has 0 aliphatic rings. The Labute approximate surface area is 101 Å². The fourth-order valence-corrected chi connectivity index (χ4v) is 1.67. The first-order valence-corrected chi connectivity index (χ1v) is 5.19. The highest BCUT2D eigenvalue weighted by molar-refractivity contribution is 6.68. The van der Waals surface area contributed by atoms with Gasteiger partial charge in [-0.1, -0.05) is 34.8 Å². The summed E-state index contributed by atoms with van der Waals surface area (Å²) in [6, 6.07) is 3.24. The fourth-order valence-electron chi connectivity index (χ4n) is 1.14. The number of rotatable bonds is 3. The van der Waals surface area contributed by atoms with Crippen LogP contribution in [0.1, 0.15) is 17.4 Å². The van der Waals surface area contributed by atoms with E-state index in [1.165, 1.54) is 0 Å². The van der Waals surface area contributed by atoms with E-state index >= 15 is 0 Å². The van der Waals surface area contributed by atoms with Gasteiger partial charge in [-0.3, -0.25) is 10.1 Å². The molecule has 0 saturated carbocycles. The van der Waals surface area contributed by atoms with E-state index in [9.17, 15) is 10.1 Å². The quantitative estimate of drug-likeness (QED) is 0.482. The van der Waals surface area contributed by atoms with E-state index in [2.05, 4.69) is 0 Å². The molecule has 0 bridgehead atoms. The number of hydrogen-bond acceptors (Lipinski definition) is 3. The number of nitrogens with zero attached hydrogens (tertiary/aromatic N) is 1. The summed E-state index contributed by atoms with van der Waals surface area (Å²) in [4.78, 5) is 9.89. The number of nitro groups is 1. The fraction of sp³-hybridized carbons (Fsp3) is 0.500. The molecule has 0 spiro atoms. The van der Waals surface area contributed by atoms with E-state index < -0.39 is 21.2 Å². The molecule has 15 heavy (non-hydrogen) atoms. The maximum absolute atomic E-state index is 10.4. The third kappa shape index (κ3) is 3.55. The average Bonchev–Trinajstić information content (AvgIpc) is 2.45. The largest absolute Gasteiger partial charge is 0.466 e. The van der Waals surface area contributed by atoms with Gasteiger partial charge < -0.3 is 4.42 Å². The van der Waals surface area contributed by atoms with Gasteiger partial charge in [-0.05, 0) is 19.1 Å². The minimum absolute atomic E-state index is 0.309. The van der Waals surface area contributed by atoms with Gasteiger partial charge in [0.2, 0.25) is 10.3 Å². The van der Waals surface area contributed by atoms with Gasteiger partial charge in [0.25, 0.3) is 0 Å². The number of furan rings is 1. The lowest BCUT2D eigenvalue weighted by atomic mass is 10.1. The van der Waals surface area contributed by atoms with E-state index in [0.717, 1.165) is 0 Å². The lowest BCUT2D eigenvalue weighted by Gasteiger charge is -2.18. The number of halogens is 3. The van der Waals surface area contributed by atoms with Crippen molar-refractivity contribution in [3.05, 3.63) is 33.8 Å². The zero-order chi connectivity index (χ0) is 11.6. The molecule has 0 fully saturated rings. The van der Waals surface area contributed by atoms with Crippen molar-refractivity contribution in [3.8, 4) is 0 Å². The Kier molecular flexibility index (Phi) is 3.87. The monoisotopic (exact) mass is 271 g/mol. The van der Waals surface area contributed by atoms with Gasteiger partial charge in [-0.25, -0.2) is 0 Å². The Morgan fingerprint density at radius 1 is 1.53 bits per heavy atom. The van der Waals surface area contributed by atoms with E-state index in [-0.39, 0.29) is 0 Å². The van der Waals surface area contributed by atoms with Crippen LogP contribution >= 0.6 is 34.8 Å². The highest BCUT2D eigenvalue weighted by Gasteiger charge is 2.40. The third-order valence-corrected chi connectivity index (χ3v) is 2.62. The first-order valence-electron chi connectivity index (χ1n) is 4.05. The van der Waals surface area contributed by atoms with Crippen molar-refractivity contribution in [1.82, 2.24) is 0 Å². The lowest BCUT2D eigenvalue weighted by Crippen LogP contribution is -2.24. The van der Waals surface area contributed by atoms with Crippen molar-refractivity contribution >= 4 is 34.8 Å². The molecular formula is C8H8Cl3NO3. The smallest absolute Gasteiger partial charge is 0.217 e. The molecule has 0 unspecified atom stereocenters. The molecule has 0 aromatic carbocycles. The summed E-state index contributed by atoms with van der Waals surface area (Å²) in [5, 5.41) is 10.4. The molecule has 1 aromatic rings. The van der Waals surface area contributed by atoms with Gasteiger partial charge in [-0.2, -0.15) is 0 Å². The molecule has 0 saturated heterocycles. The summed E-state index contributed by atoms with van der Waals surface area (Å²) in [5.41, 5.74) is 0. The molecule has 4 nitrogen and oxygen atoms in total. The molecule has 1 heterocycles. The van der Waals surface area contributed by atoms with Crippen LogP contribution in [-0.2, 0) is 0 Å². The molecule has 0 aliphatic carbocycles. The summed E-state index contributed by atoms with van der Waals surface area (Å²) in [7, 11) is 0. The Morgan fingerprint density at radius 2 is 2.13 bits per heavy atom. The van der Waals surface area contributed by atoms with Crippen LogP contribution in [0.4, 0.5) is 0 Å². The number of hydrogen-bond donors (Lipinski definition) is 0. The van der Waals surface area contributed by atoms with Crippen molar-refractivity contribution in [2.75, 3.05) is 6.54 Å². The zero-order valence-electron chi connectivity index (χ0n) is 7.75. The van der Waals surface area contributed by atoms with E-state index in [0.29, 0.717) is 11.5 Å². The van der Waals surface area contributed by atoms with Crippen LogP contribution in [0.15, 0.2) is 16.5 Å². The van der Waals surface area contributed by atoms with Gasteiger partial charge in [-0.15, -0.1) is 0 Å². The highest BCUT2D eigenvalue weighted by atomic mass is 35.6. The van der Waals surface area contributed by atoms with Gasteiger partial charge in [0, 0.05) is 4.92 Å². The van der Waals surface area contributed by atoms with Crippen LogP contribution in [-0.4, -0.2) is 15.3 Å². The molecule has 84 valence electrons. The topological polar surface area (TPSA) is 56.3 Å². The van der Waals surface area contributed by atoms with Crippen LogP contribution in [0.2, 0.25) is 0 Å². The molecule has 0 amide bonds. The Morgan fingerprint density at radius 3 is 2.47 bits per heavy atom. The predicted octanol–water partition coefficient (Wildman–Crippen LogP) is 3.32. The second-order valence-corrected chi connectivity index (χ2v) is 5.43. The second-order valence-electron chi connectivity index (χ2n) is 3.06. The molecule has 7 heteroatoms.